The van der Waals surface area contributed by atoms with E-state index >= 15 is 0 Å². The van der Waals surface area contributed by atoms with Gasteiger partial charge in [-0.15, -0.1) is 0 Å². The Hall–Kier alpha value is -2.04. The smallest absolute Gasteiger partial charge is 0.251 e. The van der Waals surface area contributed by atoms with Gasteiger partial charge < -0.3 is 10.6 Å². The number of hydrogen-bond donors (Lipinski definition) is 2. The number of rotatable bonds is 5. The topological polar surface area (TPSA) is 58.2 Å². The molecule has 2 rings (SSSR count). The second-order valence-corrected chi connectivity index (χ2v) is 6.42. The fraction of sp³-hybridized carbons (Fsp3) is 0.222. The molecule has 0 spiro atoms. The Kier molecular flexibility index (Phi) is 6.23. The van der Waals surface area contributed by atoms with E-state index in [2.05, 4.69) is 10.6 Å². The third-order valence-corrected chi connectivity index (χ3v) is 3.97. The Morgan fingerprint density at radius 3 is 2.25 bits per heavy atom. The number of nitrogens with one attached hydrogen (secondary N) is 2. The first-order valence-corrected chi connectivity index (χ1v) is 8.18. The summed E-state index contributed by atoms with van der Waals surface area (Å²) in [6.07, 6.45) is 0. The zero-order valence-corrected chi connectivity index (χ0v) is 15.0. The molecule has 4 nitrogen and oxygen atoms in total. The maximum atomic E-state index is 12.1. The molecule has 0 fully saturated rings. The Bertz CT molecular complexity index is 755. The van der Waals surface area contributed by atoms with Crippen molar-refractivity contribution < 1.29 is 9.59 Å². The molecule has 24 heavy (non-hydrogen) atoms. The molecule has 0 radical (unpaired) electrons. The standard InChI is InChI=1S/C18H18Cl2N2O2/c1-11-5-12(2)7-14(6-11)18(24)22-10-17(23)21-9-13-3-4-15(19)8-16(13)20/h3-8H,9-10H2,1-2H3,(H,21,23)(H,22,24). The summed E-state index contributed by atoms with van der Waals surface area (Å²) in [7, 11) is 0. The molecule has 2 aromatic rings. The van der Waals surface area contributed by atoms with Crippen molar-refractivity contribution in [2.75, 3.05) is 6.54 Å². The molecule has 2 aromatic carbocycles. The van der Waals surface area contributed by atoms with E-state index in [1.54, 1.807) is 30.3 Å². The Labute approximate surface area is 151 Å². The van der Waals surface area contributed by atoms with Gasteiger partial charge in [-0.25, -0.2) is 0 Å². The molecule has 0 heterocycles. The molecule has 0 atom stereocenters. The largest absolute Gasteiger partial charge is 0.350 e. The molecule has 0 aromatic heterocycles. The summed E-state index contributed by atoms with van der Waals surface area (Å²) in [6.45, 7) is 4.02. The molecule has 0 aliphatic heterocycles. The van der Waals surface area contributed by atoms with Crippen molar-refractivity contribution in [3.63, 3.8) is 0 Å². The minimum atomic E-state index is -0.293. The second kappa shape index (κ2) is 8.18. The van der Waals surface area contributed by atoms with Crippen LogP contribution in [0.5, 0.6) is 0 Å². The predicted octanol–water partition coefficient (Wildman–Crippen LogP) is 3.66. The van der Waals surface area contributed by atoms with Crippen molar-refractivity contribution in [2.24, 2.45) is 0 Å². The molecule has 0 saturated carbocycles. The molecule has 2 N–H and O–H groups in total. The molecule has 0 aliphatic carbocycles. The van der Waals surface area contributed by atoms with Crippen LogP contribution < -0.4 is 10.6 Å². The average Bonchev–Trinajstić information content (AvgIpc) is 2.50. The maximum Gasteiger partial charge on any atom is 0.251 e. The molecular weight excluding hydrogens is 347 g/mol. The first-order chi connectivity index (χ1) is 11.3. The summed E-state index contributed by atoms with van der Waals surface area (Å²) in [5.41, 5.74) is 3.31. The van der Waals surface area contributed by atoms with E-state index in [1.807, 2.05) is 19.9 Å². The van der Waals surface area contributed by atoms with Crippen molar-refractivity contribution in [3.8, 4) is 0 Å². The Morgan fingerprint density at radius 2 is 1.62 bits per heavy atom. The average molecular weight is 365 g/mol. The zero-order chi connectivity index (χ0) is 17.7. The summed E-state index contributed by atoms with van der Waals surface area (Å²) in [5, 5.41) is 6.34. The van der Waals surface area contributed by atoms with Crippen molar-refractivity contribution in [1.82, 2.24) is 10.6 Å². The zero-order valence-electron chi connectivity index (χ0n) is 13.5. The van der Waals surface area contributed by atoms with Crippen LogP contribution in [0.2, 0.25) is 10.0 Å². The third kappa shape index (κ3) is 5.25. The SMILES string of the molecule is Cc1cc(C)cc(C(=O)NCC(=O)NCc2ccc(Cl)cc2Cl)c1. The highest BCUT2D eigenvalue weighted by atomic mass is 35.5. The van der Waals surface area contributed by atoms with Gasteiger partial charge in [-0.1, -0.05) is 46.5 Å². The van der Waals surface area contributed by atoms with Gasteiger partial charge in [-0.2, -0.15) is 0 Å². The molecule has 0 saturated heterocycles. The van der Waals surface area contributed by atoms with Gasteiger partial charge in [0.25, 0.3) is 5.91 Å². The Morgan fingerprint density at radius 1 is 0.958 bits per heavy atom. The fourth-order valence-electron chi connectivity index (χ4n) is 2.29. The normalized spacial score (nSPS) is 10.3. The van der Waals surface area contributed by atoms with E-state index in [9.17, 15) is 9.59 Å². The molecule has 2 amide bonds. The quantitative estimate of drug-likeness (QED) is 0.850. The number of amides is 2. The molecule has 0 bridgehead atoms. The first-order valence-electron chi connectivity index (χ1n) is 7.42. The third-order valence-electron chi connectivity index (χ3n) is 3.38. The summed E-state index contributed by atoms with van der Waals surface area (Å²) in [6, 6.07) is 10.6. The monoisotopic (exact) mass is 364 g/mol. The van der Waals surface area contributed by atoms with Gasteiger partial charge in [-0.3, -0.25) is 9.59 Å². The van der Waals surface area contributed by atoms with Crippen LogP contribution in [-0.2, 0) is 11.3 Å². The molecule has 0 unspecified atom stereocenters. The molecule has 126 valence electrons. The lowest BCUT2D eigenvalue weighted by Crippen LogP contribution is -2.36. The highest BCUT2D eigenvalue weighted by Gasteiger charge is 2.09. The van der Waals surface area contributed by atoms with Crippen LogP contribution in [-0.4, -0.2) is 18.4 Å². The lowest BCUT2D eigenvalue weighted by molar-refractivity contribution is -0.120. The van der Waals surface area contributed by atoms with Crippen molar-refractivity contribution in [3.05, 3.63) is 68.7 Å². The van der Waals surface area contributed by atoms with Gasteiger partial charge in [0, 0.05) is 22.2 Å². The van der Waals surface area contributed by atoms with E-state index in [0.29, 0.717) is 15.6 Å². The first kappa shape index (κ1) is 18.3. The molecular formula is C18H18Cl2N2O2. The highest BCUT2D eigenvalue weighted by Crippen LogP contribution is 2.20. The van der Waals surface area contributed by atoms with Gasteiger partial charge in [0.15, 0.2) is 0 Å². The minimum absolute atomic E-state index is 0.100. The number of carbonyl (C=O) groups excluding carboxylic acids is 2. The highest BCUT2D eigenvalue weighted by molar-refractivity contribution is 6.35. The maximum absolute atomic E-state index is 12.1. The minimum Gasteiger partial charge on any atom is -0.350 e. The van der Waals surface area contributed by atoms with Crippen LogP contribution in [0.1, 0.15) is 27.0 Å². The van der Waals surface area contributed by atoms with Crippen molar-refractivity contribution >= 4 is 35.0 Å². The van der Waals surface area contributed by atoms with E-state index in [-0.39, 0.29) is 24.9 Å². The molecule has 6 heteroatoms. The summed E-state index contributed by atoms with van der Waals surface area (Å²) >= 11 is 11.9. The number of hydrogen-bond acceptors (Lipinski definition) is 2. The van der Waals surface area contributed by atoms with Crippen molar-refractivity contribution in [1.29, 1.82) is 0 Å². The van der Waals surface area contributed by atoms with E-state index in [1.165, 1.54) is 0 Å². The van der Waals surface area contributed by atoms with E-state index in [0.717, 1.165) is 16.7 Å². The van der Waals surface area contributed by atoms with Crippen LogP contribution in [0.15, 0.2) is 36.4 Å². The van der Waals surface area contributed by atoms with Gasteiger partial charge in [0.2, 0.25) is 5.91 Å². The number of aryl methyl sites for hydroxylation is 2. The van der Waals surface area contributed by atoms with E-state index in [4.69, 9.17) is 23.2 Å². The van der Waals surface area contributed by atoms with E-state index < -0.39 is 0 Å². The lowest BCUT2D eigenvalue weighted by Gasteiger charge is -2.09. The van der Waals surface area contributed by atoms with Gasteiger partial charge in [-0.05, 0) is 43.7 Å². The fourth-order valence-corrected chi connectivity index (χ4v) is 2.77. The number of halogens is 2. The Balaban J connectivity index is 1.85. The lowest BCUT2D eigenvalue weighted by atomic mass is 10.1. The summed E-state index contributed by atoms with van der Waals surface area (Å²) in [5.74, 6) is -0.569. The van der Waals surface area contributed by atoms with Gasteiger partial charge in [0.1, 0.15) is 0 Å². The number of carbonyl (C=O) groups is 2. The van der Waals surface area contributed by atoms with Crippen LogP contribution in [0.3, 0.4) is 0 Å². The van der Waals surface area contributed by atoms with Crippen LogP contribution >= 0.6 is 23.2 Å². The van der Waals surface area contributed by atoms with Crippen molar-refractivity contribution in [2.45, 2.75) is 20.4 Å². The molecule has 0 aliphatic rings. The predicted molar refractivity (Wildman–Crippen MR) is 96.6 cm³/mol. The van der Waals surface area contributed by atoms with Crippen LogP contribution in [0.25, 0.3) is 0 Å². The second-order valence-electron chi connectivity index (χ2n) is 5.57. The van der Waals surface area contributed by atoms with Crippen LogP contribution in [0, 0.1) is 13.8 Å². The summed E-state index contributed by atoms with van der Waals surface area (Å²) < 4.78 is 0. The van der Waals surface area contributed by atoms with Gasteiger partial charge in [0.05, 0.1) is 6.54 Å². The number of benzene rings is 2. The summed E-state index contributed by atoms with van der Waals surface area (Å²) in [4.78, 5) is 24.0. The van der Waals surface area contributed by atoms with Gasteiger partial charge >= 0.3 is 0 Å². The van der Waals surface area contributed by atoms with Crippen LogP contribution in [0.4, 0.5) is 0 Å².